The Labute approximate surface area is 180 Å². The van der Waals surface area contributed by atoms with Crippen LogP contribution in [0.15, 0.2) is 91.0 Å². The SMILES string of the molecule is Nc1ccc(Oc2ccc(Cc3ccc(Oc4ccc(N)c(Cl)c4)cc3)cc2)cc1. The summed E-state index contributed by atoms with van der Waals surface area (Å²) in [5.41, 5.74) is 15.1. The van der Waals surface area contributed by atoms with E-state index in [-0.39, 0.29) is 0 Å². The molecule has 0 bridgehead atoms. The first-order chi connectivity index (χ1) is 14.5. The first kappa shape index (κ1) is 19.7. The van der Waals surface area contributed by atoms with Gasteiger partial charge in [0.25, 0.3) is 0 Å². The van der Waals surface area contributed by atoms with Crippen molar-refractivity contribution in [2.45, 2.75) is 6.42 Å². The van der Waals surface area contributed by atoms with E-state index in [0.717, 1.165) is 23.7 Å². The Kier molecular flexibility index (Phi) is 5.77. The van der Waals surface area contributed by atoms with Gasteiger partial charge in [0.1, 0.15) is 23.0 Å². The predicted octanol–water partition coefficient (Wildman–Crippen LogP) is 6.68. The van der Waals surface area contributed by atoms with Crippen molar-refractivity contribution < 1.29 is 9.47 Å². The van der Waals surface area contributed by atoms with Gasteiger partial charge in [-0.15, -0.1) is 0 Å². The molecule has 0 heterocycles. The third-order valence-electron chi connectivity index (χ3n) is 4.58. The maximum Gasteiger partial charge on any atom is 0.129 e. The van der Waals surface area contributed by atoms with Crippen LogP contribution in [0.5, 0.6) is 23.0 Å². The summed E-state index contributed by atoms with van der Waals surface area (Å²) >= 11 is 6.04. The molecule has 0 fully saturated rings. The van der Waals surface area contributed by atoms with Gasteiger partial charge in [-0.3, -0.25) is 0 Å². The Balaban J connectivity index is 1.37. The van der Waals surface area contributed by atoms with Gasteiger partial charge in [-0.1, -0.05) is 35.9 Å². The monoisotopic (exact) mass is 416 g/mol. The zero-order chi connectivity index (χ0) is 20.9. The molecule has 0 spiro atoms. The number of nitrogen functional groups attached to an aromatic ring is 2. The summed E-state index contributed by atoms with van der Waals surface area (Å²) in [7, 11) is 0. The van der Waals surface area contributed by atoms with Crippen LogP contribution < -0.4 is 20.9 Å². The third kappa shape index (κ3) is 5.04. The summed E-state index contributed by atoms with van der Waals surface area (Å²) in [6.45, 7) is 0. The largest absolute Gasteiger partial charge is 0.457 e. The molecule has 0 aromatic heterocycles. The highest BCUT2D eigenvalue weighted by Gasteiger charge is 2.03. The lowest BCUT2D eigenvalue weighted by Gasteiger charge is -2.09. The molecule has 30 heavy (non-hydrogen) atoms. The molecule has 0 saturated heterocycles. The number of hydrogen-bond acceptors (Lipinski definition) is 4. The molecular weight excluding hydrogens is 396 g/mol. The molecule has 4 aromatic rings. The topological polar surface area (TPSA) is 70.5 Å². The van der Waals surface area contributed by atoms with E-state index in [4.69, 9.17) is 32.5 Å². The van der Waals surface area contributed by atoms with E-state index >= 15 is 0 Å². The maximum absolute atomic E-state index is 6.04. The van der Waals surface area contributed by atoms with E-state index in [2.05, 4.69) is 12.1 Å². The Morgan fingerprint density at radius 1 is 0.567 bits per heavy atom. The molecule has 4 N–H and O–H groups in total. The molecular formula is C25H21ClN2O2. The Bertz CT molecular complexity index is 1130. The predicted molar refractivity (Wildman–Crippen MR) is 123 cm³/mol. The maximum atomic E-state index is 6.04. The first-order valence-corrected chi connectivity index (χ1v) is 9.87. The fourth-order valence-electron chi connectivity index (χ4n) is 2.97. The summed E-state index contributed by atoms with van der Waals surface area (Å²) in [5, 5.41) is 0.480. The van der Waals surface area contributed by atoms with Crippen molar-refractivity contribution in [3.8, 4) is 23.0 Å². The molecule has 0 unspecified atom stereocenters. The molecule has 4 nitrogen and oxygen atoms in total. The van der Waals surface area contributed by atoms with Gasteiger partial charge in [-0.05, 0) is 78.2 Å². The third-order valence-corrected chi connectivity index (χ3v) is 4.91. The van der Waals surface area contributed by atoms with Gasteiger partial charge in [0.2, 0.25) is 0 Å². The number of nitrogens with two attached hydrogens (primary N) is 2. The van der Waals surface area contributed by atoms with Gasteiger partial charge < -0.3 is 20.9 Å². The van der Waals surface area contributed by atoms with Gasteiger partial charge in [0, 0.05) is 11.8 Å². The Hall–Kier alpha value is -3.63. The number of anilines is 2. The minimum atomic E-state index is 0.480. The summed E-state index contributed by atoms with van der Waals surface area (Å²) in [4.78, 5) is 0. The number of hydrogen-bond donors (Lipinski definition) is 2. The minimum absolute atomic E-state index is 0.480. The second-order valence-corrected chi connectivity index (χ2v) is 7.33. The second-order valence-electron chi connectivity index (χ2n) is 6.92. The van der Waals surface area contributed by atoms with Crippen LogP contribution in [0.2, 0.25) is 5.02 Å². The molecule has 0 atom stereocenters. The van der Waals surface area contributed by atoms with Gasteiger partial charge in [-0.25, -0.2) is 0 Å². The molecule has 0 radical (unpaired) electrons. The van der Waals surface area contributed by atoms with E-state index in [9.17, 15) is 0 Å². The highest BCUT2D eigenvalue weighted by atomic mass is 35.5. The fraction of sp³-hybridized carbons (Fsp3) is 0.0400. The standard InChI is InChI=1S/C25H21ClN2O2/c26-24-16-23(13-14-25(24)28)30-21-9-3-18(4-10-21)15-17-1-7-20(8-2-17)29-22-11-5-19(27)6-12-22/h1-14,16H,15,27-28H2. The van der Waals surface area contributed by atoms with Crippen LogP contribution in [-0.2, 0) is 6.42 Å². The zero-order valence-electron chi connectivity index (χ0n) is 16.2. The average molecular weight is 417 g/mol. The highest BCUT2D eigenvalue weighted by Crippen LogP contribution is 2.28. The zero-order valence-corrected chi connectivity index (χ0v) is 17.0. The molecule has 4 rings (SSSR count). The number of benzene rings is 4. The molecule has 0 aliphatic rings. The van der Waals surface area contributed by atoms with Crippen molar-refractivity contribution in [1.82, 2.24) is 0 Å². The van der Waals surface area contributed by atoms with Crippen molar-refractivity contribution in [2.75, 3.05) is 11.5 Å². The fourth-order valence-corrected chi connectivity index (χ4v) is 3.14. The quantitative estimate of drug-likeness (QED) is 0.344. The normalized spacial score (nSPS) is 10.6. The van der Waals surface area contributed by atoms with Crippen LogP contribution in [0.3, 0.4) is 0 Å². The Morgan fingerprint density at radius 3 is 1.50 bits per heavy atom. The molecule has 0 aliphatic heterocycles. The van der Waals surface area contributed by atoms with Crippen molar-refractivity contribution >= 4 is 23.0 Å². The van der Waals surface area contributed by atoms with Crippen molar-refractivity contribution in [3.05, 3.63) is 107 Å². The second kappa shape index (κ2) is 8.80. The van der Waals surface area contributed by atoms with E-state index in [1.807, 2.05) is 60.7 Å². The van der Waals surface area contributed by atoms with E-state index in [1.165, 1.54) is 11.1 Å². The summed E-state index contributed by atoms with van der Waals surface area (Å²) < 4.78 is 11.7. The molecule has 0 aliphatic carbocycles. The Morgan fingerprint density at radius 2 is 1.00 bits per heavy atom. The minimum Gasteiger partial charge on any atom is -0.457 e. The molecule has 5 heteroatoms. The average Bonchev–Trinajstić information content (AvgIpc) is 2.75. The number of ether oxygens (including phenoxy) is 2. The summed E-state index contributed by atoms with van der Waals surface area (Å²) in [6, 6.07) is 28.6. The summed E-state index contributed by atoms with van der Waals surface area (Å²) in [6.07, 6.45) is 0.816. The van der Waals surface area contributed by atoms with Gasteiger partial charge in [0.05, 0.1) is 10.7 Å². The number of rotatable bonds is 6. The van der Waals surface area contributed by atoms with Crippen molar-refractivity contribution in [1.29, 1.82) is 0 Å². The van der Waals surface area contributed by atoms with Crippen molar-refractivity contribution in [2.24, 2.45) is 0 Å². The van der Waals surface area contributed by atoms with E-state index in [1.54, 1.807) is 18.2 Å². The van der Waals surface area contributed by atoms with Gasteiger partial charge in [-0.2, -0.15) is 0 Å². The smallest absolute Gasteiger partial charge is 0.129 e. The van der Waals surface area contributed by atoms with Gasteiger partial charge >= 0.3 is 0 Å². The lowest BCUT2D eigenvalue weighted by molar-refractivity contribution is 0.482. The molecule has 150 valence electrons. The van der Waals surface area contributed by atoms with Crippen molar-refractivity contribution in [3.63, 3.8) is 0 Å². The van der Waals surface area contributed by atoms with E-state index < -0.39 is 0 Å². The summed E-state index contributed by atoms with van der Waals surface area (Å²) in [5.74, 6) is 2.94. The van der Waals surface area contributed by atoms with Crippen LogP contribution in [0, 0.1) is 0 Å². The highest BCUT2D eigenvalue weighted by molar-refractivity contribution is 6.33. The van der Waals surface area contributed by atoms with Gasteiger partial charge in [0.15, 0.2) is 0 Å². The lowest BCUT2D eigenvalue weighted by atomic mass is 10.0. The van der Waals surface area contributed by atoms with Crippen LogP contribution in [-0.4, -0.2) is 0 Å². The first-order valence-electron chi connectivity index (χ1n) is 9.49. The van der Waals surface area contributed by atoms with Crippen LogP contribution in [0.4, 0.5) is 11.4 Å². The van der Waals surface area contributed by atoms with Crippen LogP contribution >= 0.6 is 11.6 Å². The molecule has 0 saturated carbocycles. The van der Waals surface area contributed by atoms with Crippen LogP contribution in [0.25, 0.3) is 0 Å². The lowest BCUT2D eigenvalue weighted by Crippen LogP contribution is -1.91. The number of halogens is 1. The molecule has 4 aromatic carbocycles. The molecule has 0 amide bonds. The van der Waals surface area contributed by atoms with Crippen LogP contribution in [0.1, 0.15) is 11.1 Å². The van der Waals surface area contributed by atoms with E-state index in [0.29, 0.717) is 22.1 Å².